The summed E-state index contributed by atoms with van der Waals surface area (Å²) in [5.41, 5.74) is 0. The van der Waals surface area contributed by atoms with Crippen LogP contribution in [0, 0.1) is 17.8 Å². The molecule has 0 aliphatic heterocycles. The number of likely N-dealkylation sites (N-methyl/N-ethyl adjacent to an activating group) is 1. The largest absolute Gasteiger partial charge is 0.492 e. The van der Waals surface area contributed by atoms with Crippen LogP contribution < -0.4 is 4.74 Å². The van der Waals surface area contributed by atoms with Crippen molar-refractivity contribution in [2.75, 3.05) is 20.2 Å². The van der Waals surface area contributed by atoms with Gasteiger partial charge in [0.25, 0.3) is 0 Å². The third-order valence-electron chi connectivity index (χ3n) is 5.26. The Bertz CT molecular complexity index is 516. The minimum Gasteiger partial charge on any atom is -0.492 e. The van der Waals surface area contributed by atoms with Crippen LogP contribution in [0.2, 0.25) is 0 Å². The molecule has 3 unspecified atom stereocenters. The van der Waals surface area contributed by atoms with Crippen LogP contribution in [-0.4, -0.2) is 31.0 Å². The van der Waals surface area contributed by atoms with E-state index in [9.17, 15) is 4.79 Å². The number of halogens is 1. The summed E-state index contributed by atoms with van der Waals surface area (Å²) < 4.78 is 6.73. The van der Waals surface area contributed by atoms with Crippen LogP contribution in [0.4, 0.5) is 0 Å². The number of benzene rings is 1. The summed E-state index contributed by atoms with van der Waals surface area (Å²) in [6.07, 6.45) is 6.12. The molecule has 1 amide bonds. The normalized spacial score (nSPS) is 26.2. The van der Waals surface area contributed by atoms with Crippen molar-refractivity contribution in [3.63, 3.8) is 0 Å². The molecule has 2 bridgehead atoms. The van der Waals surface area contributed by atoms with Crippen molar-refractivity contribution < 1.29 is 9.53 Å². The maximum atomic E-state index is 12.3. The van der Waals surface area contributed by atoms with E-state index in [-0.39, 0.29) is 5.91 Å². The lowest BCUT2D eigenvalue weighted by atomic mass is 9.86. The van der Waals surface area contributed by atoms with Gasteiger partial charge in [-0.05, 0) is 61.3 Å². The Hall–Kier alpha value is -1.03. The van der Waals surface area contributed by atoms with Crippen molar-refractivity contribution in [2.24, 2.45) is 17.8 Å². The van der Waals surface area contributed by atoms with E-state index < -0.39 is 0 Å². The van der Waals surface area contributed by atoms with Gasteiger partial charge in [0.2, 0.25) is 5.91 Å². The molecular weight excluding hydrogens is 342 g/mol. The Morgan fingerprint density at radius 2 is 2.05 bits per heavy atom. The second kappa shape index (κ2) is 7.03. The standard InChI is InChI=1S/C18H24BrNO2/c1-20(8-9-22-17-6-4-16(19)5-7-17)18(21)12-15-11-13-2-3-14(15)10-13/h4-7,13-15H,2-3,8-12H2,1H3. The van der Waals surface area contributed by atoms with E-state index in [0.29, 0.717) is 19.1 Å². The molecule has 3 atom stereocenters. The lowest BCUT2D eigenvalue weighted by molar-refractivity contribution is -0.131. The van der Waals surface area contributed by atoms with Gasteiger partial charge in [0, 0.05) is 17.9 Å². The van der Waals surface area contributed by atoms with Gasteiger partial charge in [-0.25, -0.2) is 0 Å². The highest BCUT2D eigenvalue weighted by molar-refractivity contribution is 9.10. The van der Waals surface area contributed by atoms with Crippen molar-refractivity contribution in [3.05, 3.63) is 28.7 Å². The molecule has 22 heavy (non-hydrogen) atoms. The molecular formula is C18H24BrNO2. The zero-order valence-corrected chi connectivity index (χ0v) is 14.7. The molecule has 2 fully saturated rings. The van der Waals surface area contributed by atoms with Gasteiger partial charge in [0.1, 0.15) is 12.4 Å². The molecule has 0 heterocycles. The molecule has 1 aromatic rings. The number of hydrogen-bond donors (Lipinski definition) is 0. The number of carbonyl (C=O) groups excluding carboxylic acids is 1. The molecule has 4 heteroatoms. The Morgan fingerprint density at radius 3 is 2.68 bits per heavy atom. The van der Waals surface area contributed by atoms with Crippen LogP contribution in [-0.2, 0) is 4.79 Å². The highest BCUT2D eigenvalue weighted by Crippen LogP contribution is 2.49. The third-order valence-corrected chi connectivity index (χ3v) is 5.78. The van der Waals surface area contributed by atoms with Gasteiger partial charge in [-0.1, -0.05) is 22.4 Å². The summed E-state index contributed by atoms with van der Waals surface area (Å²) in [6, 6.07) is 7.78. The number of rotatable bonds is 6. The highest BCUT2D eigenvalue weighted by Gasteiger charge is 2.40. The first-order valence-electron chi connectivity index (χ1n) is 8.24. The number of nitrogens with zero attached hydrogens (tertiary/aromatic N) is 1. The number of amides is 1. The van der Waals surface area contributed by atoms with Gasteiger partial charge >= 0.3 is 0 Å². The van der Waals surface area contributed by atoms with Crippen molar-refractivity contribution in [1.82, 2.24) is 4.90 Å². The average molecular weight is 366 g/mol. The van der Waals surface area contributed by atoms with E-state index in [1.165, 1.54) is 25.7 Å². The third kappa shape index (κ3) is 3.83. The number of fused-ring (bicyclic) bond motifs is 2. The van der Waals surface area contributed by atoms with Gasteiger partial charge in [0.05, 0.1) is 6.54 Å². The molecule has 0 radical (unpaired) electrons. The smallest absolute Gasteiger partial charge is 0.222 e. The molecule has 3 nitrogen and oxygen atoms in total. The van der Waals surface area contributed by atoms with Crippen LogP contribution in [0.1, 0.15) is 32.1 Å². The first kappa shape index (κ1) is 15.9. The fourth-order valence-electron chi connectivity index (χ4n) is 3.96. The topological polar surface area (TPSA) is 29.5 Å². The fourth-order valence-corrected chi connectivity index (χ4v) is 4.23. The van der Waals surface area contributed by atoms with Crippen LogP contribution >= 0.6 is 15.9 Å². The molecule has 1 aromatic carbocycles. The Morgan fingerprint density at radius 1 is 1.27 bits per heavy atom. The summed E-state index contributed by atoms with van der Waals surface area (Å²) in [5.74, 6) is 3.49. The van der Waals surface area contributed by atoms with Crippen molar-refractivity contribution >= 4 is 21.8 Å². The fraction of sp³-hybridized carbons (Fsp3) is 0.611. The molecule has 120 valence electrons. The second-order valence-corrected chi connectivity index (χ2v) is 7.67. The summed E-state index contributed by atoms with van der Waals surface area (Å²) >= 11 is 3.40. The summed E-state index contributed by atoms with van der Waals surface area (Å²) in [4.78, 5) is 14.2. The molecule has 0 saturated heterocycles. The maximum absolute atomic E-state index is 12.3. The number of ether oxygens (including phenoxy) is 1. The van der Waals surface area contributed by atoms with Crippen LogP contribution in [0.3, 0.4) is 0 Å². The van der Waals surface area contributed by atoms with E-state index >= 15 is 0 Å². The molecule has 2 aliphatic carbocycles. The van der Waals surface area contributed by atoms with Gasteiger partial charge in [-0.3, -0.25) is 4.79 Å². The second-order valence-electron chi connectivity index (χ2n) is 6.76. The van der Waals surface area contributed by atoms with Gasteiger partial charge in [-0.2, -0.15) is 0 Å². The predicted molar refractivity (Wildman–Crippen MR) is 90.8 cm³/mol. The van der Waals surface area contributed by atoms with Crippen LogP contribution in [0.5, 0.6) is 5.75 Å². The average Bonchev–Trinajstić information content (AvgIpc) is 3.11. The zero-order valence-electron chi connectivity index (χ0n) is 13.1. The molecule has 0 spiro atoms. The maximum Gasteiger partial charge on any atom is 0.222 e. The Labute approximate surface area is 141 Å². The minimum absolute atomic E-state index is 0.275. The highest BCUT2D eigenvalue weighted by atomic mass is 79.9. The van der Waals surface area contributed by atoms with E-state index in [0.717, 1.165) is 28.5 Å². The first-order valence-corrected chi connectivity index (χ1v) is 9.03. The number of hydrogen-bond acceptors (Lipinski definition) is 2. The summed E-state index contributed by atoms with van der Waals surface area (Å²) in [7, 11) is 1.89. The molecule has 3 rings (SSSR count). The van der Waals surface area contributed by atoms with E-state index in [2.05, 4.69) is 15.9 Å². The van der Waals surface area contributed by atoms with Crippen LogP contribution in [0.25, 0.3) is 0 Å². The quantitative estimate of drug-likeness (QED) is 0.758. The van der Waals surface area contributed by atoms with Gasteiger partial charge in [-0.15, -0.1) is 0 Å². The van der Waals surface area contributed by atoms with Crippen LogP contribution in [0.15, 0.2) is 28.7 Å². The minimum atomic E-state index is 0.275. The van der Waals surface area contributed by atoms with Crippen molar-refractivity contribution in [2.45, 2.75) is 32.1 Å². The predicted octanol–water partition coefficient (Wildman–Crippen LogP) is 4.11. The van der Waals surface area contributed by atoms with E-state index in [1.54, 1.807) is 0 Å². The molecule has 2 saturated carbocycles. The zero-order chi connectivity index (χ0) is 15.5. The first-order chi connectivity index (χ1) is 10.6. The molecule has 0 aromatic heterocycles. The van der Waals surface area contributed by atoms with E-state index in [1.807, 2.05) is 36.2 Å². The Kier molecular flexibility index (Phi) is 5.07. The SMILES string of the molecule is CN(CCOc1ccc(Br)cc1)C(=O)CC1CC2CCC1C2. The lowest BCUT2D eigenvalue weighted by Crippen LogP contribution is -2.33. The van der Waals surface area contributed by atoms with Gasteiger partial charge < -0.3 is 9.64 Å². The summed E-state index contributed by atoms with van der Waals surface area (Å²) in [5, 5.41) is 0. The van der Waals surface area contributed by atoms with Crippen molar-refractivity contribution in [3.8, 4) is 5.75 Å². The van der Waals surface area contributed by atoms with Crippen molar-refractivity contribution in [1.29, 1.82) is 0 Å². The molecule has 0 N–H and O–H groups in total. The Balaban J connectivity index is 1.38. The number of carbonyl (C=O) groups is 1. The van der Waals surface area contributed by atoms with Gasteiger partial charge in [0.15, 0.2) is 0 Å². The monoisotopic (exact) mass is 365 g/mol. The molecule has 2 aliphatic rings. The summed E-state index contributed by atoms with van der Waals surface area (Å²) in [6.45, 7) is 1.19. The van der Waals surface area contributed by atoms with E-state index in [4.69, 9.17) is 4.74 Å². The lowest BCUT2D eigenvalue weighted by Gasteiger charge is -2.24.